The van der Waals surface area contributed by atoms with E-state index < -0.39 is 11.4 Å². The Balaban J connectivity index is 1.77. The van der Waals surface area contributed by atoms with Gasteiger partial charge in [0.15, 0.2) is 0 Å². The predicted octanol–water partition coefficient (Wildman–Crippen LogP) is 2.38. The lowest BCUT2D eigenvalue weighted by Gasteiger charge is -2.23. The fraction of sp³-hybridized carbons (Fsp3) is 0.733. The van der Waals surface area contributed by atoms with E-state index in [0.717, 1.165) is 19.3 Å². The van der Waals surface area contributed by atoms with Gasteiger partial charge < -0.3 is 15.3 Å². The quantitative estimate of drug-likeness (QED) is 0.760. The summed E-state index contributed by atoms with van der Waals surface area (Å²) in [7, 11) is 0. The molecule has 20 heavy (non-hydrogen) atoms. The van der Waals surface area contributed by atoms with Crippen LogP contribution in [0, 0.1) is 5.41 Å². The third-order valence-electron chi connectivity index (χ3n) is 4.63. The maximum atomic E-state index is 12.0. The molecule has 2 amide bonds. The van der Waals surface area contributed by atoms with Crippen LogP contribution in [0.2, 0.25) is 0 Å². The second-order valence-corrected chi connectivity index (χ2v) is 5.85. The lowest BCUT2D eigenvalue weighted by molar-refractivity contribution is -0.148. The van der Waals surface area contributed by atoms with Gasteiger partial charge in [-0.2, -0.15) is 0 Å². The van der Waals surface area contributed by atoms with Gasteiger partial charge in [0, 0.05) is 19.6 Å². The number of likely N-dealkylation sites (tertiary alicyclic amines) is 1. The van der Waals surface area contributed by atoms with Gasteiger partial charge in [0.1, 0.15) is 0 Å². The highest BCUT2D eigenvalue weighted by Gasteiger charge is 2.44. The fourth-order valence-electron chi connectivity index (χ4n) is 3.07. The van der Waals surface area contributed by atoms with Crippen LogP contribution < -0.4 is 5.32 Å². The number of carbonyl (C=O) groups excluding carboxylic acids is 1. The Hall–Kier alpha value is -1.52. The van der Waals surface area contributed by atoms with Crippen molar-refractivity contribution in [3.63, 3.8) is 0 Å². The number of aliphatic carboxylic acids is 1. The first-order valence-corrected chi connectivity index (χ1v) is 7.51. The molecule has 1 fully saturated rings. The van der Waals surface area contributed by atoms with Crippen molar-refractivity contribution in [1.29, 1.82) is 0 Å². The van der Waals surface area contributed by atoms with Gasteiger partial charge in [-0.25, -0.2) is 4.79 Å². The van der Waals surface area contributed by atoms with Crippen molar-refractivity contribution < 1.29 is 14.7 Å². The van der Waals surface area contributed by atoms with Crippen molar-refractivity contribution in [2.45, 2.75) is 45.4 Å². The highest BCUT2D eigenvalue weighted by molar-refractivity contribution is 5.79. The molecule has 1 atom stereocenters. The number of carboxylic acid groups (broad SMARTS) is 1. The zero-order chi connectivity index (χ0) is 14.6. The standard InChI is InChI=1S/C15H24N2O3/c1-2-15(13(18)19)8-10-17(11-15)14(20)16-9-7-12-5-3-4-6-12/h5H,2-4,6-11H2,1H3,(H,16,20)(H,18,19). The Morgan fingerprint density at radius 3 is 2.85 bits per heavy atom. The smallest absolute Gasteiger partial charge is 0.317 e. The van der Waals surface area contributed by atoms with Gasteiger partial charge >= 0.3 is 12.0 Å². The minimum absolute atomic E-state index is 0.125. The van der Waals surface area contributed by atoms with Crippen molar-refractivity contribution in [2.75, 3.05) is 19.6 Å². The Bertz CT molecular complexity index is 419. The van der Waals surface area contributed by atoms with Crippen molar-refractivity contribution in [1.82, 2.24) is 10.2 Å². The highest BCUT2D eigenvalue weighted by Crippen LogP contribution is 2.34. The van der Waals surface area contributed by atoms with Crippen LogP contribution in [-0.4, -0.2) is 41.6 Å². The van der Waals surface area contributed by atoms with E-state index in [-0.39, 0.29) is 6.03 Å². The molecule has 1 unspecified atom stereocenters. The molecule has 112 valence electrons. The third kappa shape index (κ3) is 3.14. The molecule has 0 aromatic carbocycles. The fourth-order valence-corrected chi connectivity index (χ4v) is 3.07. The number of nitrogens with one attached hydrogen (secondary N) is 1. The Morgan fingerprint density at radius 2 is 2.30 bits per heavy atom. The highest BCUT2D eigenvalue weighted by atomic mass is 16.4. The molecule has 0 radical (unpaired) electrons. The number of hydrogen-bond donors (Lipinski definition) is 2. The lowest BCUT2D eigenvalue weighted by atomic mass is 9.84. The zero-order valence-corrected chi connectivity index (χ0v) is 12.2. The van der Waals surface area contributed by atoms with Gasteiger partial charge in [-0.3, -0.25) is 4.79 Å². The number of allylic oxidation sites excluding steroid dienone is 1. The number of hydrogen-bond acceptors (Lipinski definition) is 2. The molecule has 2 N–H and O–H groups in total. The van der Waals surface area contributed by atoms with E-state index >= 15 is 0 Å². The molecule has 1 aliphatic carbocycles. The first-order valence-electron chi connectivity index (χ1n) is 7.51. The van der Waals surface area contributed by atoms with Crippen LogP contribution in [-0.2, 0) is 4.79 Å². The Kier molecular flexibility index (Phi) is 4.68. The molecule has 1 heterocycles. The monoisotopic (exact) mass is 280 g/mol. The second kappa shape index (κ2) is 6.29. The van der Waals surface area contributed by atoms with Crippen LogP contribution in [0.5, 0.6) is 0 Å². The van der Waals surface area contributed by atoms with E-state index in [9.17, 15) is 14.7 Å². The molecule has 0 aromatic rings. The minimum atomic E-state index is -0.786. The van der Waals surface area contributed by atoms with Crippen LogP contribution in [0.25, 0.3) is 0 Å². The average Bonchev–Trinajstić information content (AvgIpc) is 3.08. The van der Waals surface area contributed by atoms with Crippen LogP contribution in [0.3, 0.4) is 0 Å². The number of amides is 2. The summed E-state index contributed by atoms with van der Waals surface area (Å²) in [5, 5.41) is 12.2. The van der Waals surface area contributed by atoms with Gasteiger partial charge in [0.2, 0.25) is 0 Å². The first-order chi connectivity index (χ1) is 9.57. The van der Waals surface area contributed by atoms with Gasteiger partial charge in [0.25, 0.3) is 0 Å². The summed E-state index contributed by atoms with van der Waals surface area (Å²) in [5.74, 6) is -0.786. The Morgan fingerprint density at radius 1 is 1.50 bits per heavy atom. The summed E-state index contributed by atoms with van der Waals surface area (Å²) in [6.07, 6.45) is 7.83. The van der Waals surface area contributed by atoms with E-state index in [1.54, 1.807) is 4.90 Å². The maximum absolute atomic E-state index is 12.0. The van der Waals surface area contributed by atoms with Gasteiger partial charge in [-0.15, -0.1) is 0 Å². The van der Waals surface area contributed by atoms with Gasteiger partial charge in [-0.05, 0) is 38.5 Å². The zero-order valence-electron chi connectivity index (χ0n) is 12.2. The average molecular weight is 280 g/mol. The summed E-state index contributed by atoms with van der Waals surface area (Å²) in [4.78, 5) is 25.0. The topological polar surface area (TPSA) is 69.6 Å². The van der Waals surface area contributed by atoms with Crippen molar-refractivity contribution in [2.24, 2.45) is 5.41 Å². The van der Waals surface area contributed by atoms with E-state index in [1.165, 1.54) is 12.0 Å². The van der Waals surface area contributed by atoms with Crippen molar-refractivity contribution in [3.8, 4) is 0 Å². The van der Waals surface area contributed by atoms with E-state index in [4.69, 9.17) is 0 Å². The van der Waals surface area contributed by atoms with Crippen LogP contribution in [0.15, 0.2) is 11.6 Å². The van der Waals surface area contributed by atoms with E-state index in [1.807, 2.05) is 6.92 Å². The summed E-state index contributed by atoms with van der Waals surface area (Å²) in [6.45, 7) is 3.39. The number of carbonyl (C=O) groups is 2. The van der Waals surface area contributed by atoms with Crippen molar-refractivity contribution in [3.05, 3.63) is 11.6 Å². The predicted molar refractivity (Wildman–Crippen MR) is 76.5 cm³/mol. The number of rotatable bonds is 5. The van der Waals surface area contributed by atoms with Crippen molar-refractivity contribution >= 4 is 12.0 Å². The normalized spacial score (nSPS) is 25.6. The molecule has 2 rings (SSSR count). The molecular weight excluding hydrogens is 256 g/mol. The molecular formula is C15H24N2O3. The molecule has 5 nitrogen and oxygen atoms in total. The van der Waals surface area contributed by atoms with Gasteiger partial charge in [0.05, 0.1) is 5.41 Å². The van der Waals surface area contributed by atoms with Gasteiger partial charge in [-0.1, -0.05) is 18.6 Å². The molecule has 0 spiro atoms. The molecule has 1 saturated heterocycles. The summed E-state index contributed by atoms with van der Waals surface area (Å²) in [6, 6.07) is -0.125. The Labute approximate surface area is 120 Å². The molecule has 5 heteroatoms. The molecule has 0 saturated carbocycles. The largest absolute Gasteiger partial charge is 0.481 e. The van der Waals surface area contributed by atoms with Crippen LogP contribution >= 0.6 is 0 Å². The minimum Gasteiger partial charge on any atom is -0.481 e. The number of carboxylic acids is 1. The lowest BCUT2D eigenvalue weighted by Crippen LogP contribution is -2.41. The third-order valence-corrected chi connectivity index (χ3v) is 4.63. The van der Waals surface area contributed by atoms with Crippen LogP contribution in [0.1, 0.15) is 45.4 Å². The van der Waals surface area contributed by atoms with E-state index in [0.29, 0.717) is 32.5 Å². The second-order valence-electron chi connectivity index (χ2n) is 5.85. The first kappa shape index (κ1) is 14.9. The summed E-state index contributed by atoms with van der Waals surface area (Å²) in [5.41, 5.74) is 0.686. The molecule has 0 bridgehead atoms. The molecule has 2 aliphatic rings. The summed E-state index contributed by atoms with van der Waals surface area (Å²) >= 11 is 0. The number of nitrogens with zero attached hydrogens (tertiary/aromatic N) is 1. The maximum Gasteiger partial charge on any atom is 0.317 e. The SMILES string of the molecule is CCC1(C(=O)O)CCN(C(=O)NCCC2=CCCC2)C1. The van der Waals surface area contributed by atoms with Crippen LogP contribution in [0.4, 0.5) is 4.79 Å². The molecule has 0 aromatic heterocycles. The summed E-state index contributed by atoms with van der Waals surface area (Å²) < 4.78 is 0. The number of urea groups is 1. The van der Waals surface area contributed by atoms with E-state index in [2.05, 4.69) is 11.4 Å². The molecule has 1 aliphatic heterocycles.